The van der Waals surface area contributed by atoms with Crippen LogP contribution in [0.2, 0.25) is 0 Å². The Labute approximate surface area is 155 Å². The normalized spacial score (nSPS) is 30.2. The molecular formula is C19H28N2O4S. The van der Waals surface area contributed by atoms with Crippen molar-refractivity contribution in [3.05, 3.63) is 35.4 Å². The van der Waals surface area contributed by atoms with Crippen LogP contribution in [0.5, 0.6) is 0 Å². The van der Waals surface area contributed by atoms with Crippen LogP contribution in [0.4, 0.5) is 0 Å². The van der Waals surface area contributed by atoms with E-state index in [4.69, 9.17) is 4.74 Å². The first-order valence-electron chi connectivity index (χ1n) is 9.48. The van der Waals surface area contributed by atoms with Crippen LogP contribution in [0.3, 0.4) is 0 Å². The maximum Gasteiger partial charge on any atom is 0.211 e. The van der Waals surface area contributed by atoms with Crippen LogP contribution in [0.25, 0.3) is 0 Å². The van der Waals surface area contributed by atoms with Crippen molar-refractivity contribution in [2.24, 2.45) is 0 Å². The lowest BCUT2D eigenvalue weighted by molar-refractivity contribution is -0.00850. The molecule has 0 bridgehead atoms. The van der Waals surface area contributed by atoms with Gasteiger partial charge in [-0.1, -0.05) is 24.3 Å². The largest absolute Gasteiger partial charge is 0.390 e. The summed E-state index contributed by atoms with van der Waals surface area (Å²) in [6.07, 6.45) is 3.06. The van der Waals surface area contributed by atoms with E-state index in [-0.39, 0.29) is 11.5 Å². The number of benzene rings is 1. The first-order valence-corrected chi connectivity index (χ1v) is 11.3. The van der Waals surface area contributed by atoms with Gasteiger partial charge in [-0.05, 0) is 30.4 Å². The zero-order valence-electron chi connectivity index (χ0n) is 15.3. The van der Waals surface area contributed by atoms with Crippen LogP contribution in [0, 0.1) is 0 Å². The number of sulfonamides is 1. The third kappa shape index (κ3) is 2.99. The molecule has 0 saturated carbocycles. The summed E-state index contributed by atoms with van der Waals surface area (Å²) in [5.74, 6) is 0. The van der Waals surface area contributed by atoms with E-state index in [0.717, 1.165) is 26.1 Å². The molecule has 6 nitrogen and oxygen atoms in total. The second-order valence-corrected chi connectivity index (χ2v) is 9.78. The molecule has 0 radical (unpaired) electrons. The monoisotopic (exact) mass is 380 g/mol. The summed E-state index contributed by atoms with van der Waals surface area (Å²) >= 11 is 0. The van der Waals surface area contributed by atoms with Gasteiger partial charge in [-0.25, -0.2) is 12.7 Å². The zero-order valence-corrected chi connectivity index (χ0v) is 16.1. The highest BCUT2D eigenvalue weighted by atomic mass is 32.2. The molecule has 7 heteroatoms. The van der Waals surface area contributed by atoms with Gasteiger partial charge in [0, 0.05) is 38.2 Å². The molecule has 3 aliphatic rings. The molecule has 0 aromatic heterocycles. The Balaban J connectivity index is 1.67. The van der Waals surface area contributed by atoms with E-state index in [0.29, 0.717) is 32.5 Å². The Kier molecular flexibility index (Phi) is 4.86. The molecule has 144 valence electrons. The fraction of sp³-hybridized carbons (Fsp3) is 0.684. The topological polar surface area (TPSA) is 70.1 Å². The van der Waals surface area contributed by atoms with Crippen molar-refractivity contribution in [1.82, 2.24) is 9.21 Å². The van der Waals surface area contributed by atoms with Crippen LogP contribution in [-0.2, 0) is 20.2 Å². The molecule has 2 atom stereocenters. The van der Waals surface area contributed by atoms with Crippen molar-refractivity contribution in [1.29, 1.82) is 0 Å². The third-order valence-electron chi connectivity index (χ3n) is 6.41. The first kappa shape index (κ1) is 18.4. The summed E-state index contributed by atoms with van der Waals surface area (Å²) in [6, 6.07) is 8.30. The van der Waals surface area contributed by atoms with E-state index >= 15 is 0 Å². The van der Waals surface area contributed by atoms with E-state index in [1.165, 1.54) is 17.4 Å². The van der Waals surface area contributed by atoms with Crippen molar-refractivity contribution in [3.63, 3.8) is 0 Å². The average molecular weight is 381 g/mol. The Morgan fingerprint density at radius 2 is 1.85 bits per heavy atom. The molecule has 2 fully saturated rings. The van der Waals surface area contributed by atoms with Crippen molar-refractivity contribution in [2.45, 2.75) is 36.8 Å². The number of fused-ring (bicyclic) bond motifs is 2. The van der Waals surface area contributed by atoms with E-state index in [1.807, 2.05) is 12.1 Å². The zero-order chi connectivity index (χ0) is 18.4. The molecule has 1 aliphatic carbocycles. The predicted molar refractivity (Wildman–Crippen MR) is 99.5 cm³/mol. The molecule has 2 aliphatic heterocycles. The molecule has 2 saturated heterocycles. The molecule has 2 heterocycles. The molecule has 1 spiro atoms. The third-order valence-corrected chi connectivity index (χ3v) is 7.72. The summed E-state index contributed by atoms with van der Waals surface area (Å²) in [5.41, 5.74) is 2.06. The summed E-state index contributed by atoms with van der Waals surface area (Å²) < 4.78 is 31.0. The average Bonchev–Trinajstić information content (AvgIpc) is 2.80. The summed E-state index contributed by atoms with van der Waals surface area (Å²) in [5, 5.41) is 11.5. The van der Waals surface area contributed by atoms with E-state index in [9.17, 15) is 13.5 Å². The molecular weight excluding hydrogens is 352 g/mol. The molecule has 0 amide bonds. The maximum atomic E-state index is 11.9. The van der Waals surface area contributed by atoms with Crippen molar-refractivity contribution < 1.29 is 18.3 Å². The van der Waals surface area contributed by atoms with Crippen LogP contribution in [0.1, 0.15) is 36.4 Å². The number of rotatable bonds is 2. The summed E-state index contributed by atoms with van der Waals surface area (Å²) in [7, 11) is -3.18. The van der Waals surface area contributed by atoms with Crippen LogP contribution in [-0.4, -0.2) is 74.5 Å². The lowest BCUT2D eigenvalue weighted by atomic mass is 9.72. The Morgan fingerprint density at radius 1 is 1.12 bits per heavy atom. The Morgan fingerprint density at radius 3 is 2.58 bits per heavy atom. The molecule has 26 heavy (non-hydrogen) atoms. The lowest BCUT2D eigenvalue weighted by Crippen LogP contribution is -2.51. The minimum Gasteiger partial charge on any atom is -0.390 e. The highest BCUT2D eigenvalue weighted by Gasteiger charge is 2.54. The summed E-state index contributed by atoms with van der Waals surface area (Å²) in [6.45, 7) is 4.15. The highest BCUT2D eigenvalue weighted by Crippen LogP contribution is 2.53. The Bertz CT molecular complexity index is 751. The minimum absolute atomic E-state index is 0.0299. The van der Waals surface area contributed by atoms with Crippen LogP contribution < -0.4 is 0 Å². The number of hydrogen-bond acceptors (Lipinski definition) is 5. The van der Waals surface area contributed by atoms with Gasteiger partial charge in [0.2, 0.25) is 10.0 Å². The number of piperidine rings is 1. The van der Waals surface area contributed by atoms with Gasteiger partial charge in [0.25, 0.3) is 0 Å². The first-order chi connectivity index (χ1) is 12.4. The number of hydrogen-bond donors (Lipinski definition) is 1. The second-order valence-electron chi connectivity index (χ2n) is 7.80. The van der Waals surface area contributed by atoms with Crippen LogP contribution in [0.15, 0.2) is 24.3 Å². The van der Waals surface area contributed by atoms with Crippen molar-refractivity contribution >= 4 is 10.0 Å². The molecule has 0 unspecified atom stereocenters. The fourth-order valence-electron chi connectivity index (χ4n) is 5.06. The molecule has 1 aromatic rings. The minimum atomic E-state index is -3.18. The maximum absolute atomic E-state index is 11.9. The summed E-state index contributed by atoms with van der Waals surface area (Å²) in [4.78, 5) is 2.36. The quantitative estimate of drug-likeness (QED) is 0.833. The van der Waals surface area contributed by atoms with Gasteiger partial charge in [0.05, 0.1) is 25.0 Å². The predicted octanol–water partition coefficient (Wildman–Crippen LogP) is 1.12. The Hall–Kier alpha value is -0.990. The van der Waals surface area contributed by atoms with E-state index in [1.54, 1.807) is 4.31 Å². The lowest BCUT2D eigenvalue weighted by Gasteiger charge is -2.43. The smallest absolute Gasteiger partial charge is 0.211 e. The van der Waals surface area contributed by atoms with Gasteiger partial charge in [-0.2, -0.15) is 0 Å². The van der Waals surface area contributed by atoms with Gasteiger partial charge in [-0.15, -0.1) is 0 Å². The second kappa shape index (κ2) is 6.87. The van der Waals surface area contributed by atoms with Crippen LogP contribution >= 0.6 is 0 Å². The molecule has 4 rings (SSSR count). The van der Waals surface area contributed by atoms with E-state index < -0.39 is 16.1 Å². The van der Waals surface area contributed by atoms with Gasteiger partial charge < -0.3 is 9.84 Å². The van der Waals surface area contributed by atoms with Crippen molar-refractivity contribution in [3.8, 4) is 0 Å². The standard InChI is InChI=1S/C19H28N2O4S/c1-26(23,24)21-10-7-19(8-11-21)16-6-3-2-5-15(16)17(18(19)22)20-9-4-13-25-14-12-20/h2-3,5-6,17-18,22H,4,7-14H2,1H3/t17-,18+/m1/s1. The SMILES string of the molecule is CS(=O)(=O)N1CCC2(CC1)c1ccccc1[C@@H](N1CCCOCC1)[C@@H]2O. The van der Waals surface area contributed by atoms with Gasteiger partial charge in [-0.3, -0.25) is 4.90 Å². The number of aliphatic hydroxyl groups is 1. The molecule has 1 N–H and O–H groups in total. The highest BCUT2D eigenvalue weighted by molar-refractivity contribution is 7.88. The van der Waals surface area contributed by atoms with Gasteiger partial charge in [0.1, 0.15) is 0 Å². The van der Waals surface area contributed by atoms with E-state index in [2.05, 4.69) is 17.0 Å². The number of nitrogens with zero attached hydrogens (tertiary/aromatic N) is 2. The fourth-order valence-corrected chi connectivity index (χ4v) is 5.91. The van der Waals surface area contributed by atoms with Gasteiger partial charge >= 0.3 is 0 Å². The molecule has 1 aromatic carbocycles. The number of aliphatic hydroxyl groups excluding tert-OH is 1. The van der Waals surface area contributed by atoms with Gasteiger partial charge in [0.15, 0.2) is 0 Å². The number of ether oxygens (including phenoxy) is 1. The van der Waals surface area contributed by atoms with Crippen molar-refractivity contribution in [2.75, 3.05) is 45.6 Å².